The van der Waals surface area contributed by atoms with Crippen LogP contribution in [0.4, 0.5) is 4.39 Å². The van der Waals surface area contributed by atoms with E-state index in [1.54, 1.807) is 25.1 Å². The molecule has 144 valence electrons. The molecule has 0 aliphatic rings. The Balaban J connectivity index is 1.60. The third-order valence-electron chi connectivity index (χ3n) is 4.47. The lowest BCUT2D eigenvalue weighted by Gasteiger charge is -2.15. The Morgan fingerprint density at radius 1 is 1.07 bits per heavy atom. The molecule has 2 aromatic carbocycles. The molecule has 1 N–H and O–H groups in total. The van der Waals surface area contributed by atoms with Gasteiger partial charge in [-0.2, -0.15) is 0 Å². The number of amides is 1. The fourth-order valence-corrected chi connectivity index (χ4v) is 2.64. The van der Waals surface area contributed by atoms with Crippen LogP contribution in [0.5, 0.6) is 5.75 Å². The molecule has 0 bridgehead atoms. The highest BCUT2D eigenvalue weighted by Gasteiger charge is 2.15. The summed E-state index contributed by atoms with van der Waals surface area (Å²) < 4.78 is 18.8. The predicted octanol–water partition coefficient (Wildman–Crippen LogP) is 3.98. The van der Waals surface area contributed by atoms with E-state index in [0.29, 0.717) is 17.1 Å². The second-order valence-electron chi connectivity index (χ2n) is 6.63. The van der Waals surface area contributed by atoms with Crippen LogP contribution in [-0.2, 0) is 11.3 Å². The molecule has 0 radical (unpaired) electrons. The highest BCUT2D eigenvalue weighted by molar-refractivity contribution is 5.80. The van der Waals surface area contributed by atoms with E-state index >= 15 is 0 Å². The summed E-state index contributed by atoms with van der Waals surface area (Å²) in [4.78, 5) is 20.7. The normalized spacial score (nSPS) is 11.7. The Labute approximate surface area is 163 Å². The molecule has 1 atom stereocenters. The topological polar surface area (TPSA) is 64.1 Å². The minimum atomic E-state index is -0.638. The molecule has 1 unspecified atom stereocenters. The molecule has 0 saturated heterocycles. The highest BCUT2D eigenvalue weighted by atomic mass is 19.1. The van der Waals surface area contributed by atoms with Crippen LogP contribution in [0.3, 0.4) is 0 Å². The molecular formula is C22H22FN3O2. The van der Waals surface area contributed by atoms with Gasteiger partial charge in [0.1, 0.15) is 17.9 Å². The van der Waals surface area contributed by atoms with E-state index in [9.17, 15) is 9.18 Å². The number of nitrogens with zero attached hydrogens (tertiary/aromatic N) is 2. The van der Waals surface area contributed by atoms with Crippen molar-refractivity contribution in [3.63, 3.8) is 0 Å². The highest BCUT2D eigenvalue weighted by Crippen LogP contribution is 2.19. The quantitative estimate of drug-likeness (QED) is 0.704. The molecule has 0 aliphatic carbocycles. The van der Waals surface area contributed by atoms with Crippen molar-refractivity contribution in [2.45, 2.75) is 33.4 Å². The van der Waals surface area contributed by atoms with Gasteiger partial charge in [-0.1, -0.05) is 6.07 Å². The average molecular weight is 379 g/mol. The first kappa shape index (κ1) is 19.5. The number of nitrogens with one attached hydrogen (secondary N) is 1. The molecule has 3 aromatic rings. The van der Waals surface area contributed by atoms with Gasteiger partial charge in [0, 0.05) is 5.56 Å². The van der Waals surface area contributed by atoms with Crippen molar-refractivity contribution in [3.05, 3.63) is 77.5 Å². The van der Waals surface area contributed by atoms with E-state index < -0.39 is 6.10 Å². The molecule has 6 heteroatoms. The Hall–Kier alpha value is -3.28. The van der Waals surface area contributed by atoms with Gasteiger partial charge in [-0.3, -0.25) is 4.79 Å². The molecule has 0 fully saturated rings. The summed E-state index contributed by atoms with van der Waals surface area (Å²) in [7, 11) is 0. The molecule has 0 aliphatic heterocycles. The van der Waals surface area contributed by atoms with Gasteiger partial charge in [-0.25, -0.2) is 14.4 Å². The van der Waals surface area contributed by atoms with Gasteiger partial charge in [-0.05, 0) is 74.4 Å². The van der Waals surface area contributed by atoms with Gasteiger partial charge in [0.15, 0.2) is 6.10 Å². The van der Waals surface area contributed by atoms with Crippen LogP contribution in [0.15, 0.2) is 54.9 Å². The molecule has 0 saturated carbocycles. The van der Waals surface area contributed by atoms with Gasteiger partial charge in [0.2, 0.25) is 0 Å². The van der Waals surface area contributed by atoms with Crippen LogP contribution in [0, 0.1) is 19.7 Å². The number of ether oxygens (including phenoxy) is 1. The maximum absolute atomic E-state index is 13.1. The van der Waals surface area contributed by atoms with E-state index in [1.807, 2.05) is 32.0 Å². The van der Waals surface area contributed by atoms with Crippen molar-refractivity contribution < 1.29 is 13.9 Å². The monoisotopic (exact) mass is 379 g/mol. The number of aromatic nitrogens is 2. The predicted molar refractivity (Wildman–Crippen MR) is 105 cm³/mol. The van der Waals surface area contributed by atoms with Gasteiger partial charge >= 0.3 is 0 Å². The average Bonchev–Trinajstić information content (AvgIpc) is 2.69. The van der Waals surface area contributed by atoms with Crippen LogP contribution >= 0.6 is 0 Å². The Morgan fingerprint density at radius 2 is 1.82 bits per heavy atom. The van der Waals surface area contributed by atoms with Crippen LogP contribution in [0.2, 0.25) is 0 Å². The van der Waals surface area contributed by atoms with Crippen molar-refractivity contribution in [2.24, 2.45) is 0 Å². The third-order valence-corrected chi connectivity index (χ3v) is 4.47. The number of benzene rings is 2. The van der Waals surface area contributed by atoms with Gasteiger partial charge in [0.05, 0.1) is 17.9 Å². The molecule has 3 rings (SSSR count). The minimum absolute atomic E-state index is 0.236. The second kappa shape index (κ2) is 8.61. The maximum Gasteiger partial charge on any atom is 0.261 e. The van der Waals surface area contributed by atoms with Crippen molar-refractivity contribution >= 4 is 5.91 Å². The summed E-state index contributed by atoms with van der Waals surface area (Å²) in [6.45, 7) is 5.97. The molecule has 5 nitrogen and oxygen atoms in total. The number of carbonyl (C=O) groups excluding carboxylic acids is 1. The summed E-state index contributed by atoms with van der Waals surface area (Å²) in [6, 6.07) is 13.6. The minimum Gasteiger partial charge on any atom is -0.481 e. The Kier molecular flexibility index (Phi) is 5.99. The summed E-state index contributed by atoms with van der Waals surface area (Å²) >= 11 is 0. The molecule has 1 amide bonds. The number of rotatable bonds is 6. The van der Waals surface area contributed by atoms with E-state index in [0.717, 1.165) is 11.1 Å². The van der Waals surface area contributed by atoms with Gasteiger partial charge < -0.3 is 10.1 Å². The fraction of sp³-hybridized carbons (Fsp3) is 0.227. The van der Waals surface area contributed by atoms with E-state index in [4.69, 9.17) is 4.74 Å². The van der Waals surface area contributed by atoms with Crippen molar-refractivity contribution in [1.29, 1.82) is 0 Å². The van der Waals surface area contributed by atoms with Crippen molar-refractivity contribution in [3.8, 4) is 17.0 Å². The summed E-state index contributed by atoms with van der Waals surface area (Å²) in [5.74, 6) is 0.120. The number of carbonyl (C=O) groups is 1. The Morgan fingerprint density at radius 3 is 2.54 bits per heavy atom. The zero-order chi connectivity index (χ0) is 20.1. The van der Waals surface area contributed by atoms with Crippen LogP contribution in [0.1, 0.15) is 23.7 Å². The molecule has 28 heavy (non-hydrogen) atoms. The smallest absolute Gasteiger partial charge is 0.261 e. The summed E-state index contributed by atoms with van der Waals surface area (Å²) in [5, 5.41) is 2.82. The number of halogens is 1. The van der Waals surface area contributed by atoms with Crippen LogP contribution in [0.25, 0.3) is 11.3 Å². The van der Waals surface area contributed by atoms with Gasteiger partial charge in [-0.15, -0.1) is 0 Å². The van der Waals surface area contributed by atoms with E-state index in [2.05, 4.69) is 15.3 Å². The number of hydrogen-bond acceptors (Lipinski definition) is 4. The van der Waals surface area contributed by atoms with Crippen LogP contribution in [-0.4, -0.2) is 22.0 Å². The second-order valence-corrected chi connectivity index (χ2v) is 6.63. The number of aryl methyl sites for hydroxylation is 2. The molecule has 0 spiro atoms. The van der Waals surface area contributed by atoms with Crippen molar-refractivity contribution in [2.75, 3.05) is 0 Å². The zero-order valence-corrected chi connectivity index (χ0v) is 16.1. The first-order valence-corrected chi connectivity index (χ1v) is 9.01. The van der Waals surface area contributed by atoms with Gasteiger partial charge in [0.25, 0.3) is 5.91 Å². The summed E-state index contributed by atoms with van der Waals surface area (Å²) in [6.07, 6.45) is 0.787. The largest absolute Gasteiger partial charge is 0.481 e. The third kappa shape index (κ3) is 4.91. The molecular weight excluding hydrogens is 357 g/mol. The lowest BCUT2D eigenvalue weighted by molar-refractivity contribution is -0.127. The molecule has 1 heterocycles. The Bertz CT molecular complexity index is 974. The standard InChI is InChI=1S/C22H22FN3O2/c1-14-4-9-20(10-15(14)2)28-16(3)22(27)24-12-19-11-21(26-13-25-19)17-5-7-18(23)8-6-17/h4-11,13,16H,12H2,1-3H3,(H,24,27). The lowest BCUT2D eigenvalue weighted by atomic mass is 10.1. The van der Waals surface area contributed by atoms with E-state index in [-0.39, 0.29) is 18.3 Å². The zero-order valence-electron chi connectivity index (χ0n) is 16.1. The summed E-state index contributed by atoms with van der Waals surface area (Å²) in [5.41, 5.74) is 4.38. The van der Waals surface area contributed by atoms with E-state index in [1.165, 1.54) is 24.0 Å². The molecule has 1 aromatic heterocycles. The maximum atomic E-state index is 13.1. The first-order valence-electron chi connectivity index (χ1n) is 9.01. The van der Waals surface area contributed by atoms with Crippen molar-refractivity contribution in [1.82, 2.24) is 15.3 Å². The number of hydrogen-bond donors (Lipinski definition) is 1. The first-order chi connectivity index (χ1) is 13.4. The fourth-order valence-electron chi connectivity index (χ4n) is 2.64. The lowest BCUT2D eigenvalue weighted by Crippen LogP contribution is -2.36. The SMILES string of the molecule is Cc1ccc(OC(C)C(=O)NCc2cc(-c3ccc(F)cc3)ncn2)cc1C. The van der Waals surface area contributed by atoms with Crippen LogP contribution < -0.4 is 10.1 Å².